The number of hydrogen-bond donors (Lipinski definition) is 2. The Bertz CT molecular complexity index is 1280. The predicted molar refractivity (Wildman–Crippen MR) is 149 cm³/mol. The van der Waals surface area contributed by atoms with Crippen molar-refractivity contribution in [3.05, 3.63) is 29.3 Å². The lowest BCUT2D eigenvalue weighted by Crippen LogP contribution is -2.51. The Morgan fingerprint density at radius 1 is 1.08 bits per heavy atom. The smallest absolute Gasteiger partial charge is 0.328 e. The van der Waals surface area contributed by atoms with E-state index in [2.05, 4.69) is 24.5 Å². The number of sulfonamides is 1. The fraction of sp³-hybridized carbons (Fsp3) is 0.643. The Hall–Kier alpha value is -2.79. The van der Waals surface area contributed by atoms with Gasteiger partial charge in [0.2, 0.25) is 10.0 Å². The Labute approximate surface area is 230 Å². The fourth-order valence-corrected chi connectivity index (χ4v) is 7.89. The number of anilines is 1. The molecule has 4 amide bonds. The molecule has 2 N–H and O–H groups in total. The van der Waals surface area contributed by atoms with Crippen LogP contribution >= 0.6 is 0 Å². The summed E-state index contributed by atoms with van der Waals surface area (Å²) < 4.78 is 27.9. The van der Waals surface area contributed by atoms with Gasteiger partial charge in [0.05, 0.1) is 18.0 Å². The van der Waals surface area contributed by atoms with Crippen molar-refractivity contribution < 1.29 is 22.8 Å². The molecule has 39 heavy (non-hydrogen) atoms. The first kappa shape index (κ1) is 27.8. The zero-order chi connectivity index (χ0) is 27.9. The molecule has 3 aliphatic heterocycles. The first-order valence-electron chi connectivity index (χ1n) is 14.1. The number of imide groups is 1. The average molecular weight is 558 g/mol. The third kappa shape index (κ3) is 5.48. The molecule has 3 heterocycles. The summed E-state index contributed by atoms with van der Waals surface area (Å²) >= 11 is 0. The molecule has 0 unspecified atom stereocenters. The van der Waals surface area contributed by atoms with Crippen LogP contribution in [0.1, 0.15) is 63.5 Å². The molecule has 3 fully saturated rings. The third-order valence-electron chi connectivity index (χ3n) is 9.10. The van der Waals surface area contributed by atoms with E-state index in [1.54, 1.807) is 18.2 Å². The normalized spacial score (nSPS) is 25.8. The average Bonchev–Trinajstić information content (AvgIpc) is 3.41. The minimum absolute atomic E-state index is 0.0252. The number of urea groups is 1. The van der Waals surface area contributed by atoms with Gasteiger partial charge in [-0.05, 0) is 87.0 Å². The second-order valence-corrected chi connectivity index (χ2v) is 13.9. The van der Waals surface area contributed by atoms with Crippen LogP contribution < -0.4 is 15.5 Å². The maximum absolute atomic E-state index is 13.2. The lowest BCUT2D eigenvalue weighted by molar-refractivity contribution is -0.125. The quantitative estimate of drug-likeness (QED) is 0.498. The molecule has 0 radical (unpaired) electrons. The van der Waals surface area contributed by atoms with Gasteiger partial charge < -0.3 is 10.6 Å². The summed E-state index contributed by atoms with van der Waals surface area (Å²) in [7, 11) is -3.53. The number of nitrogens with one attached hydrogen (secondary N) is 2. The second kappa shape index (κ2) is 10.6. The zero-order valence-electron chi connectivity index (χ0n) is 23.0. The summed E-state index contributed by atoms with van der Waals surface area (Å²) in [6, 6.07) is 4.73. The van der Waals surface area contributed by atoms with Crippen LogP contribution in [0.5, 0.6) is 0 Å². The first-order valence-corrected chi connectivity index (χ1v) is 15.7. The highest BCUT2D eigenvalue weighted by atomic mass is 32.2. The number of piperidine rings is 1. The number of hydrogen-bond acceptors (Lipinski definition) is 6. The highest BCUT2D eigenvalue weighted by Crippen LogP contribution is 2.37. The molecule has 1 spiro atoms. The van der Waals surface area contributed by atoms with Crippen LogP contribution in [0.3, 0.4) is 0 Å². The second-order valence-electron chi connectivity index (χ2n) is 11.8. The molecule has 11 heteroatoms. The van der Waals surface area contributed by atoms with Crippen LogP contribution in [-0.4, -0.2) is 67.3 Å². The van der Waals surface area contributed by atoms with Crippen LogP contribution in [0.25, 0.3) is 0 Å². The van der Waals surface area contributed by atoms with Crippen molar-refractivity contribution in [3.63, 3.8) is 0 Å². The molecule has 0 bridgehead atoms. The lowest BCUT2D eigenvalue weighted by atomic mass is 9.76. The van der Waals surface area contributed by atoms with Crippen molar-refractivity contribution in [2.24, 2.45) is 22.7 Å². The lowest BCUT2D eigenvalue weighted by Gasteiger charge is -2.34. The van der Waals surface area contributed by atoms with E-state index < -0.39 is 21.6 Å². The third-order valence-corrected chi connectivity index (χ3v) is 11.0. The van der Waals surface area contributed by atoms with Gasteiger partial charge >= 0.3 is 6.03 Å². The molecule has 1 aliphatic carbocycles. The van der Waals surface area contributed by atoms with Gasteiger partial charge in [0.1, 0.15) is 11.4 Å². The van der Waals surface area contributed by atoms with Gasteiger partial charge in [0, 0.05) is 19.0 Å². The summed E-state index contributed by atoms with van der Waals surface area (Å²) in [5, 5.41) is 5.56. The van der Waals surface area contributed by atoms with Crippen molar-refractivity contribution in [2.45, 2.75) is 71.3 Å². The van der Waals surface area contributed by atoms with Crippen molar-refractivity contribution in [2.75, 3.05) is 30.3 Å². The van der Waals surface area contributed by atoms with Gasteiger partial charge in [-0.15, -0.1) is 0 Å². The maximum Gasteiger partial charge on any atom is 0.329 e. The molecule has 1 saturated carbocycles. The van der Waals surface area contributed by atoms with Gasteiger partial charge in [-0.2, -0.15) is 0 Å². The van der Waals surface area contributed by atoms with E-state index in [9.17, 15) is 22.8 Å². The van der Waals surface area contributed by atoms with Gasteiger partial charge in [-0.25, -0.2) is 22.4 Å². The number of aryl methyl sites for hydroxylation is 2. The topological polar surface area (TPSA) is 128 Å². The van der Waals surface area contributed by atoms with Crippen LogP contribution in [-0.2, 0) is 26.0 Å². The van der Waals surface area contributed by atoms with Crippen molar-refractivity contribution in [1.82, 2.24) is 14.9 Å². The molecule has 212 valence electrons. The Kier molecular flexibility index (Phi) is 7.58. The monoisotopic (exact) mass is 557 g/mol. The van der Waals surface area contributed by atoms with E-state index in [0.717, 1.165) is 53.5 Å². The highest BCUT2D eigenvalue weighted by molar-refractivity contribution is 7.89. The largest absolute Gasteiger partial charge is 0.329 e. The van der Waals surface area contributed by atoms with Crippen molar-refractivity contribution in [3.8, 4) is 0 Å². The standard InChI is InChI=1S/C28H39N5O5S/c1-18(2)20-4-6-22(7-5-20)25-30-26(35)28(31-25)11-13-32(14-12-28)39(37,38)15-10-21-8-9-23(16-19(21)3)33-24(34)17-29-27(33)36/h8-9,16,18,20,22H,4-7,10-15,17H2,1-3H3,(H,29,36)(H,30,31,35). The maximum atomic E-state index is 13.2. The molecule has 4 aliphatic rings. The highest BCUT2D eigenvalue weighted by Gasteiger charge is 2.48. The van der Waals surface area contributed by atoms with Crippen LogP contribution in [0, 0.1) is 24.7 Å². The number of aliphatic imine (C=N–C) groups is 1. The molecule has 1 aromatic carbocycles. The Balaban J connectivity index is 1.17. The molecule has 10 nitrogen and oxygen atoms in total. The summed E-state index contributed by atoms with van der Waals surface area (Å²) in [5.41, 5.74) is 1.30. The Morgan fingerprint density at radius 3 is 2.36 bits per heavy atom. The fourth-order valence-electron chi connectivity index (χ4n) is 6.42. The van der Waals surface area contributed by atoms with Gasteiger partial charge in [0.15, 0.2) is 0 Å². The summed E-state index contributed by atoms with van der Waals surface area (Å²) in [6.07, 6.45) is 5.50. The van der Waals surface area contributed by atoms with Crippen LogP contribution in [0.2, 0.25) is 0 Å². The number of benzene rings is 1. The number of rotatable bonds is 7. The summed E-state index contributed by atoms with van der Waals surface area (Å²) in [6.45, 7) is 6.91. The van der Waals surface area contributed by atoms with Crippen molar-refractivity contribution in [1.29, 1.82) is 0 Å². The number of amides is 4. The number of carbonyl (C=O) groups is 3. The molecule has 1 aromatic rings. The summed E-state index contributed by atoms with van der Waals surface area (Å²) in [5.74, 6) is 2.06. The molecular formula is C28H39N5O5S. The molecule has 2 saturated heterocycles. The van der Waals surface area contributed by atoms with Gasteiger partial charge in [-0.1, -0.05) is 19.9 Å². The molecular weight excluding hydrogens is 518 g/mol. The molecule has 0 aromatic heterocycles. The Morgan fingerprint density at radius 2 is 1.77 bits per heavy atom. The van der Waals surface area contributed by atoms with Gasteiger partial charge in [-0.3, -0.25) is 14.6 Å². The molecule has 5 rings (SSSR count). The van der Waals surface area contributed by atoms with E-state index in [0.29, 0.717) is 30.9 Å². The van der Waals surface area contributed by atoms with E-state index in [1.165, 1.54) is 4.31 Å². The first-order chi connectivity index (χ1) is 18.5. The number of nitrogens with zero attached hydrogens (tertiary/aromatic N) is 3. The number of amidine groups is 1. The van der Waals surface area contributed by atoms with E-state index >= 15 is 0 Å². The summed E-state index contributed by atoms with van der Waals surface area (Å²) in [4.78, 5) is 42.9. The van der Waals surface area contributed by atoms with Crippen LogP contribution in [0.15, 0.2) is 23.2 Å². The predicted octanol–water partition coefficient (Wildman–Crippen LogP) is 2.75. The SMILES string of the molecule is Cc1cc(N2C(=O)CNC2=O)ccc1CCS(=O)(=O)N1CCC2(CC1)N=C(C1CCC(C(C)C)CC1)NC2=O. The van der Waals surface area contributed by atoms with Crippen molar-refractivity contribution >= 4 is 39.4 Å². The van der Waals surface area contributed by atoms with E-state index in [4.69, 9.17) is 4.99 Å². The minimum Gasteiger partial charge on any atom is -0.328 e. The van der Waals surface area contributed by atoms with E-state index in [-0.39, 0.29) is 43.1 Å². The molecule has 0 atom stereocenters. The van der Waals surface area contributed by atoms with E-state index in [1.807, 2.05) is 6.92 Å². The van der Waals surface area contributed by atoms with Gasteiger partial charge in [0.25, 0.3) is 11.8 Å². The van der Waals surface area contributed by atoms with Crippen LogP contribution in [0.4, 0.5) is 10.5 Å². The zero-order valence-corrected chi connectivity index (χ0v) is 23.8. The minimum atomic E-state index is -3.53. The number of carbonyl (C=O) groups excluding carboxylic acids is 3.